The zero-order valence-electron chi connectivity index (χ0n) is 14.7. The molecule has 0 bridgehead atoms. The van der Waals surface area contributed by atoms with Gasteiger partial charge in [-0.05, 0) is 27.7 Å². The fourth-order valence-electron chi connectivity index (χ4n) is 2.48. The average molecular weight is 350 g/mol. The quantitative estimate of drug-likeness (QED) is 0.844. The van der Waals surface area contributed by atoms with Crippen molar-refractivity contribution in [2.24, 2.45) is 0 Å². The number of carbonyl (C=O) groups is 3. The summed E-state index contributed by atoms with van der Waals surface area (Å²) in [6.45, 7) is 6.94. The second-order valence-corrected chi connectivity index (χ2v) is 6.77. The number of ether oxygens (including phenoxy) is 1. The van der Waals surface area contributed by atoms with Crippen molar-refractivity contribution < 1.29 is 24.2 Å². The largest absolute Gasteiger partial charge is 0.480 e. The molecule has 0 radical (unpaired) electrons. The molecule has 1 saturated heterocycles. The summed E-state index contributed by atoms with van der Waals surface area (Å²) in [5, 5.41) is 9.50. The highest BCUT2D eigenvalue weighted by Crippen LogP contribution is 2.17. The van der Waals surface area contributed by atoms with Gasteiger partial charge in [0, 0.05) is 25.5 Å². The van der Waals surface area contributed by atoms with E-state index in [1.165, 1.54) is 22.2 Å². The molecular weight excluding hydrogens is 328 g/mol. The Morgan fingerprint density at radius 1 is 1.20 bits per heavy atom. The number of piperazine rings is 1. The van der Waals surface area contributed by atoms with Crippen LogP contribution in [0.2, 0.25) is 0 Å². The maximum atomic E-state index is 12.7. The monoisotopic (exact) mass is 350 g/mol. The van der Waals surface area contributed by atoms with E-state index in [1.54, 1.807) is 27.7 Å². The third-order valence-electron chi connectivity index (χ3n) is 3.66. The summed E-state index contributed by atoms with van der Waals surface area (Å²) in [6, 6.07) is -1.17. The zero-order chi connectivity index (χ0) is 18.8. The van der Waals surface area contributed by atoms with E-state index in [2.05, 4.69) is 9.97 Å². The zero-order valence-corrected chi connectivity index (χ0v) is 14.7. The molecule has 1 aromatic heterocycles. The molecule has 1 aliphatic rings. The standard InChI is InChI=1S/C16H22N4O5/c1-10-12(18-6-5-17-10)13(21)20-8-7-19(9-11(20)14(22)23)15(24)25-16(2,3)4/h5-6,11H,7-9H2,1-4H3,(H,22,23). The summed E-state index contributed by atoms with van der Waals surface area (Å²) in [7, 11) is 0. The average Bonchev–Trinajstić information content (AvgIpc) is 2.52. The van der Waals surface area contributed by atoms with Crippen molar-refractivity contribution >= 4 is 18.0 Å². The van der Waals surface area contributed by atoms with Crippen molar-refractivity contribution in [3.63, 3.8) is 0 Å². The van der Waals surface area contributed by atoms with Crippen molar-refractivity contribution in [3.8, 4) is 0 Å². The summed E-state index contributed by atoms with van der Waals surface area (Å²) in [5.41, 5.74) is -0.148. The van der Waals surface area contributed by atoms with Crippen LogP contribution >= 0.6 is 0 Å². The van der Waals surface area contributed by atoms with Crippen molar-refractivity contribution in [1.82, 2.24) is 19.8 Å². The van der Waals surface area contributed by atoms with Gasteiger partial charge in [0.05, 0.1) is 12.2 Å². The number of hydrogen-bond acceptors (Lipinski definition) is 6. The van der Waals surface area contributed by atoms with Crippen LogP contribution in [0.5, 0.6) is 0 Å². The van der Waals surface area contributed by atoms with E-state index in [0.717, 1.165) is 0 Å². The summed E-state index contributed by atoms with van der Waals surface area (Å²) in [4.78, 5) is 47.0. The van der Waals surface area contributed by atoms with Crippen LogP contribution in [0.25, 0.3) is 0 Å². The fraction of sp³-hybridized carbons (Fsp3) is 0.562. The van der Waals surface area contributed by atoms with Gasteiger partial charge in [-0.1, -0.05) is 0 Å². The number of nitrogens with zero attached hydrogens (tertiary/aromatic N) is 4. The van der Waals surface area contributed by atoms with E-state index >= 15 is 0 Å². The van der Waals surface area contributed by atoms with Crippen LogP contribution in [0, 0.1) is 6.92 Å². The smallest absolute Gasteiger partial charge is 0.410 e. The maximum Gasteiger partial charge on any atom is 0.410 e. The second-order valence-electron chi connectivity index (χ2n) is 6.77. The number of rotatable bonds is 2. The van der Waals surface area contributed by atoms with Gasteiger partial charge in [-0.3, -0.25) is 9.78 Å². The Kier molecular flexibility index (Phi) is 5.24. The lowest BCUT2D eigenvalue weighted by Gasteiger charge is -2.39. The summed E-state index contributed by atoms with van der Waals surface area (Å²) < 4.78 is 5.27. The van der Waals surface area contributed by atoms with E-state index in [-0.39, 0.29) is 25.3 Å². The SMILES string of the molecule is Cc1nccnc1C(=O)N1CCN(C(=O)OC(C)(C)C)CC1C(=O)O. The van der Waals surface area contributed by atoms with Crippen LogP contribution < -0.4 is 0 Å². The number of carbonyl (C=O) groups excluding carboxylic acids is 2. The molecule has 9 heteroatoms. The molecule has 0 saturated carbocycles. The Balaban J connectivity index is 2.17. The molecule has 0 aromatic carbocycles. The molecule has 2 heterocycles. The molecule has 9 nitrogen and oxygen atoms in total. The Labute approximate surface area is 145 Å². The summed E-state index contributed by atoms with van der Waals surface area (Å²) in [5.74, 6) is -1.70. The van der Waals surface area contributed by atoms with Crippen LogP contribution in [0.4, 0.5) is 4.79 Å². The van der Waals surface area contributed by atoms with Crippen molar-refractivity contribution in [2.75, 3.05) is 19.6 Å². The molecule has 1 aromatic rings. The highest BCUT2D eigenvalue weighted by Gasteiger charge is 2.39. The first-order valence-electron chi connectivity index (χ1n) is 7.89. The first kappa shape index (κ1) is 18.6. The molecule has 1 atom stereocenters. The van der Waals surface area contributed by atoms with Gasteiger partial charge in [0.15, 0.2) is 0 Å². The number of aromatic nitrogens is 2. The molecule has 0 spiro atoms. The van der Waals surface area contributed by atoms with Gasteiger partial charge in [-0.15, -0.1) is 0 Å². The Morgan fingerprint density at radius 2 is 1.84 bits per heavy atom. The number of amides is 2. The van der Waals surface area contributed by atoms with Crippen molar-refractivity contribution in [2.45, 2.75) is 39.3 Å². The minimum Gasteiger partial charge on any atom is -0.480 e. The minimum atomic E-state index is -1.19. The molecule has 1 aliphatic heterocycles. The topological polar surface area (TPSA) is 113 Å². The predicted octanol–water partition coefficient (Wildman–Crippen LogP) is 0.931. The number of carboxylic acid groups (broad SMARTS) is 1. The molecule has 1 unspecified atom stereocenters. The fourth-order valence-corrected chi connectivity index (χ4v) is 2.48. The molecule has 2 rings (SSSR count). The Hall–Kier alpha value is -2.71. The normalized spacial score (nSPS) is 18.0. The van der Waals surface area contributed by atoms with E-state index in [0.29, 0.717) is 5.69 Å². The third-order valence-corrected chi connectivity index (χ3v) is 3.66. The van der Waals surface area contributed by atoms with Gasteiger partial charge >= 0.3 is 12.1 Å². The lowest BCUT2D eigenvalue weighted by atomic mass is 10.1. The summed E-state index contributed by atoms with van der Waals surface area (Å²) >= 11 is 0. The molecule has 136 valence electrons. The number of aryl methyl sites for hydroxylation is 1. The van der Waals surface area contributed by atoms with Gasteiger partial charge in [0.1, 0.15) is 17.3 Å². The van der Waals surface area contributed by atoms with Crippen LogP contribution in [0.1, 0.15) is 37.0 Å². The van der Waals surface area contributed by atoms with Gasteiger partial charge in [0.2, 0.25) is 0 Å². The predicted molar refractivity (Wildman–Crippen MR) is 87.0 cm³/mol. The first-order chi connectivity index (χ1) is 11.6. The first-order valence-corrected chi connectivity index (χ1v) is 7.89. The van der Waals surface area contributed by atoms with Gasteiger partial charge in [0.25, 0.3) is 5.91 Å². The lowest BCUT2D eigenvalue weighted by Crippen LogP contribution is -2.60. The Bertz CT molecular complexity index is 685. The number of carboxylic acids is 1. The highest BCUT2D eigenvalue weighted by atomic mass is 16.6. The molecule has 25 heavy (non-hydrogen) atoms. The lowest BCUT2D eigenvalue weighted by molar-refractivity contribution is -0.144. The van der Waals surface area contributed by atoms with Crippen LogP contribution in [-0.2, 0) is 9.53 Å². The van der Waals surface area contributed by atoms with E-state index < -0.39 is 29.6 Å². The molecule has 2 amide bonds. The maximum absolute atomic E-state index is 12.7. The molecule has 0 aliphatic carbocycles. The van der Waals surface area contributed by atoms with Crippen molar-refractivity contribution in [1.29, 1.82) is 0 Å². The molecule has 1 N–H and O–H groups in total. The third kappa shape index (κ3) is 4.43. The van der Waals surface area contributed by atoms with Gasteiger partial charge in [-0.2, -0.15) is 0 Å². The Morgan fingerprint density at radius 3 is 2.40 bits per heavy atom. The molecular formula is C16H22N4O5. The van der Waals surface area contributed by atoms with Crippen LogP contribution in [0.15, 0.2) is 12.4 Å². The van der Waals surface area contributed by atoms with Gasteiger partial charge in [-0.25, -0.2) is 14.6 Å². The van der Waals surface area contributed by atoms with Crippen LogP contribution in [-0.4, -0.2) is 74.1 Å². The number of aliphatic carboxylic acids is 1. The minimum absolute atomic E-state index is 0.0745. The van der Waals surface area contributed by atoms with Crippen LogP contribution in [0.3, 0.4) is 0 Å². The highest BCUT2D eigenvalue weighted by molar-refractivity contribution is 5.96. The number of hydrogen-bond donors (Lipinski definition) is 1. The van der Waals surface area contributed by atoms with E-state index in [1.807, 2.05) is 0 Å². The van der Waals surface area contributed by atoms with Gasteiger partial charge < -0.3 is 19.6 Å². The molecule has 1 fully saturated rings. The van der Waals surface area contributed by atoms with E-state index in [9.17, 15) is 19.5 Å². The second kappa shape index (κ2) is 7.04. The van der Waals surface area contributed by atoms with Crippen molar-refractivity contribution in [3.05, 3.63) is 23.8 Å². The van der Waals surface area contributed by atoms with E-state index in [4.69, 9.17) is 4.74 Å². The summed E-state index contributed by atoms with van der Waals surface area (Å²) in [6.07, 6.45) is 2.25.